The monoisotopic (exact) mass is 287 g/mol. The van der Waals surface area contributed by atoms with Gasteiger partial charge >= 0.3 is 0 Å². The highest BCUT2D eigenvalue weighted by Crippen LogP contribution is 2.44. The van der Waals surface area contributed by atoms with Crippen LogP contribution in [0.1, 0.15) is 11.1 Å². The van der Waals surface area contributed by atoms with Gasteiger partial charge in [-0.2, -0.15) is 0 Å². The summed E-state index contributed by atoms with van der Waals surface area (Å²) in [6, 6.07) is 25.4. The summed E-state index contributed by atoms with van der Waals surface area (Å²) in [7, 11) is 1.71. The normalized spacial score (nSPS) is 12.5. The third-order valence-electron chi connectivity index (χ3n) is 4.16. The van der Waals surface area contributed by atoms with Crippen LogP contribution >= 0.6 is 0 Å². The first-order valence-corrected chi connectivity index (χ1v) is 7.47. The molecular formula is C20H17NO. The summed E-state index contributed by atoms with van der Waals surface area (Å²) < 4.78 is 5.43. The highest BCUT2D eigenvalue weighted by molar-refractivity contribution is 5.84. The highest BCUT2D eigenvalue weighted by atomic mass is 16.5. The molecular weight excluding hydrogens is 270 g/mol. The van der Waals surface area contributed by atoms with Crippen LogP contribution in [-0.2, 0) is 6.42 Å². The van der Waals surface area contributed by atoms with E-state index in [2.05, 4.69) is 65.6 Å². The summed E-state index contributed by atoms with van der Waals surface area (Å²) in [4.78, 5) is 2.32. The summed E-state index contributed by atoms with van der Waals surface area (Å²) in [5.74, 6) is 0.888. The highest BCUT2D eigenvalue weighted by Gasteiger charge is 2.23. The minimum Gasteiger partial charge on any atom is -0.497 e. The summed E-state index contributed by atoms with van der Waals surface area (Å²) in [5, 5.41) is 0. The molecule has 4 rings (SSSR count). The lowest BCUT2D eigenvalue weighted by molar-refractivity contribution is 0.415. The third-order valence-corrected chi connectivity index (χ3v) is 4.16. The van der Waals surface area contributed by atoms with Crippen LogP contribution in [0.25, 0.3) is 0 Å². The Morgan fingerprint density at radius 2 is 1.50 bits per heavy atom. The Morgan fingerprint density at radius 3 is 2.32 bits per heavy atom. The van der Waals surface area contributed by atoms with Gasteiger partial charge in [-0.1, -0.05) is 42.5 Å². The molecule has 0 spiro atoms. The minimum absolute atomic E-state index is 0.888. The number of methoxy groups -OCH3 is 1. The van der Waals surface area contributed by atoms with E-state index in [0.717, 1.165) is 12.2 Å². The van der Waals surface area contributed by atoms with Crippen molar-refractivity contribution < 1.29 is 4.74 Å². The fraction of sp³-hybridized carbons (Fsp3) is 0.100. The van der Waals surface area contributed by atoms with Gasteiger partial charge in [0.05, 0.1) is 12.8 Å². The molecule has 0 fully saturated rings. The lowest BCUT2D eigenvalue weighted by Crippen LogP contribution is -2.18. The number of hydrogen-bond acceptors (Lipinski definition) is 2. The minimum atomic E-state index is 0.888. The van der Waals surface area contributed by atoms with Gasteiger partial charge in [-0.15, -0.1) is 0 Å². The van der Waals surface area contributed by atoms with E-state index < -0.39 is 0 Å². The standard InChI is InChI=1S/C20H17NO/c1-22-18-12-11-16-13-15-7-5-6-10-19(15)21(20(16)14-18)17-8-3-2-4-9-17/h2-12,14H,13H2,1H3. The fourth-order valence-electron chi connectivity index (χ4n) is 3.10. The van der Waals surface area contributed by atoms with E-state index in [1.54, 1.807) is 7.11 Å². The van der Waals surface area contributed by atoms with E-state index in [1.165, 1.54) is 28.2 Å². The van der Waals surface area contributed by atoms with Gasteiger partial charge in [0, 0.05) is 23.9 Å². The van der Waals surface area contributed by atoms with Crippen LogP contribution in [0.5, 0.6) is 5.75 Å². The summed E-state index contributed by atoms with van der Waals surface area (Å²) >= 11 is 0. The van der Waals surface area contributed by atoms with Crippen LogP contribution in [0, 0.1) is 0 Å². The van der Waals surface area contributed by atoms with Crippen LogP contribution < -0.4 is 9.64 Å². The molecule has 0 atom stereocenters. The van der Waals surface area contributed by atoms with Crippen molar-refractivity contribution in [2.45, 2.75) is 6.42 Å². The largest absolute Gasteiger partial charge is 0.497 e. The van der Waals surface area contributed by atoms with Gasteiger partial charge in [-0.25, -0.2) is 0 Å². The van der Waals surface area contributed by atoms with Crippen LogP contribution in [0.3, 0.4) is 0 Å². The molecule has 3 aromatic carbocycles. The van der Waals surface area contributed by atoms with Gasteiger partial charge in [0.25, 0.3) is 0 Å². The molecule has 0 radical (unpaired) electrons. The smallest absolute Gasteiger partial charge is 0.120 e. The summed E-state index contributed by atoms with van der Waals surface area (Å²) in [6.07, 6.45) is 0.957. The van der Waals surface area contributed by atoms with Crippen LogP contribution in [-0.4, -0.2) is 7.11 Å². The van der Waals surface area contributed by atoms with Gasteiger partial charge in [0.2, 0.25) is 0 Å². The first-order valence-electron chi connectivity index (χ1n) is 7.47. The van der Waals surface area contributed by atoms with Crippen molar-refractivity contribution in [3.8, 4) is 5.75 Å². The third kappa shape index (κ3) is 2.04. The van der Waals surface area contributed by atoms with Gasteiger partial charge in [-0.05, 0) is 35.4 Å². The fourth-order valence-corrected chi connectivity index (χ4v) is 3.10. The second kappa shape index (κ2) is 5.23. The van der Waals surface area contributed by atoms with Crippen molar-refractivity contribution in [1.82, 2.24) is 0 Å². The van der Waals surface area contributed by atoms with Crippen LogP contribution in [0.15, 0.2) is 72.8 Å². The average Bonchev–Trinajstić information content (AvgIpc) is 2.60. The molecule has 3 aromatic rings. The van der Waals surface area contributed by atoms with Gasteiger partial charge < -0.3 is 9.64 Å². The van der Waals surface area contributed by atoms with Crippen molar-refractivity contribution in [2.24, 2.45) is 0 Å². The van der Waals surface area contributed by atoms with E-state index >= 15 is 0 Å². The molecule has 1 heterocycles. The Hall–Kier alpha value is -2.74. The second-order valence-electron chi connectivity index (χ2n) is 5.47. The first kappa shape index (κ1) is 13.0. The lowest BCUT2D eigenvalue weighted by atomic mass is 9.95. The van der Waals surface area contributed by atoms with Gasteiger partial charge in [0.1, 0.15) is 5.75 Å². The molecule has 0 saturated carbocycles. The van der Waals surface area contributed by atoms with E-state index in [-0.39, 0.29) is 0 Å². The average molecular weight is 287 g/mol. The number of hydrogen-bond donors (Lipinski definition) is 0. The molecule has 0 bridgehead atoms. The first-order chi connectivity index (χ1) is 10.9. The summed E-state index contributed by atoms with van der Waals surface area (Å²) in [6.45, 7) is 0. The van der Waals surface area contributed by atoms with E-state index in [1.807, 2.05) is 12.1 Å². The Kier molecular flexibility index (Phi) is 3.08. The van der Waals surface area contributed by atoms with Gasteiger partial charge in [0.15, 0.2) is 0 Å². The molecule has 0 N–H and O–H groups in total. The quantitative estimate of drug-likeness (QED) is 0.510. The maximum atomic E-state index is 5.43. The van der Waals surface area contributed by atoms with E-state index in [9.17, 15) is 0 Å². The molecule has 22 heavy (non-hydrogen) atoms. The molecule has 0 aromatic heterocycles. The van der Waals surface area contributed by atoms with Crippen molar-refractivity contribution in [1.29, 1.82) is 0 Å². The predicted molar refractivity (Wildman–Crippen MR) is 90.5 cm³/mol. The number of benzene rings is 3. The number of rotatable bonds is 2. The lowest BCUT2D eigenvalue weighted by Gasteiger charge is -2.33. The van der Waals surface area contributed by atoms with E-state index in [4.69, 9.17) is 4.74 Å². The van der Waals surface area contributed by atoms with Crippen LogP contribution in [0.4, 0.5) is 17.1 Å². The zero-order chi connectivity index (χ0) is 14.9. The maximum Gasteiger partial charge on any atom is 0.120 e. The molecule has 108 valence electrons. The Labute approximate surface area is 130 Å². The molecule has 2 nitrogen and oxygen atoms in total. The molecule has 0 unspecified atom stereocenters. The topological polar surface area (TPSA) is 12.5 Å². The maximum absolute atomic E-state index is 5.43. The number of para-hydroxylation sites is 2. The molecule has 0 amide bonds. The number of fused-ring (bicyclic) bond motifs is 2. The summed E-state index contributed by atoms with van der Waals surface area (Å²) in [5.41, 5.74) is 6.29. The van der Waals surface area contributed by atoms with Crippen molar-refractivity contribution in [3.05, 3.63) is 83.9 Å². The van der Waals surface area contributed by atoms with E-state index in [0.29, 0.717) is 0 Å². The number of anilines is 3. The van der Waals surface area contributed by atoms with Crippen molar-refractivity contribution >= 4 is 17.1 Å². The Morgan fingerprint density at radius 1 is 0.773 bits per heavy atom. The SMILES string of the molecule is COc1ccc2c(c1)N(c1ccccc1)c1ccccc1C2. The molecule has 1 aliphatic heterocycles. The Balaban J connectivity index is 1.96. The predicted octanol–water partition coefficient (Wildman–Crippen LogP) is 5.07. The Bertz CT molecular complexity index is 811. The zero-order valence-corrected chi connectivity index (χ0v) is 12.5. The zero-order valence-electron chi connectivity index (χ0n) is 12.5. The van der Waals surface area contributed by atoms with Crippen molar-refractivity contribution in [3.63, 3.8) is 0 Å². The molecule has 0 saturated heterocycles. The second-order valence-corrected chi connectivity index (χ2v) is 5.47. The molecule has 1 aliphatic rings. The van der Waals surface area contributed by atoms with Crippen LogP contribution in [0.2, 0.25) is 0 Å². The number of nitrogens with zero attached hydrogens (tertiary/aromatic N) is 1. The molecule has 0 aliphatic carbocycles. The van der Waals surface area contributed by atoms with Crippen molar-refractivity contribution in [2.75, 3.05) is 12.0 Å². The van der Waals surface area contributed by atoms with Gasteiger partial charge in [-0.3, -0.25) is 0 Å². The number of ether oxygens (including phenoxy) is 1. The molecule has 2 heteroatoms.